The van der Waals surface area contributed by atoms with Crippen molar-refractivity contribution >= 4 is 11.2 Å². The molecular weight excluding hydrogens is 251 g/mol. The number of hydrogen-bond acceptors (Lipinski definition) is 5. The Hall–Kier alpha value is -1.60. The molecule has 3 rings (SSSR count). The highest BCUT2D eigenvalue weighted by Crippen LogP contribution is 2.32. The third-order valence-electron chi connectivity index (χ3n) is 3.36. The minimum atomic E-state index is -1.17. The molecule has 1 saturated heterocycles. The van der Waals surface area contributed by atoms with E-state index in [4.69, 9.17) is 9.84 Å². The second-order valence-electron chi connectivity index (χ2n) is 4.74. The average Bonchev–Trinajstić information content (AvgIpc) is 2.92. The number of fused-ring (bicyclic) bond motifs is 1. The monoisotopic (exact) mass is 266 g/mol. The van der Waals surface area contributed by atoms with Crippen molar-refractivity contribution < 1.29 is 14.2 Å². The first-order chi connectivity index (χ1) is 9.10. The van der Waals surface area contributed by atoms with Crippen LogP contribution in [0.4, 0.5) is 4.39 Å². The molecular formula is C12H15FN4O2. The largest absolute Gasteiger partial charge is 0.394 e. The van der Waals surface area contributed by atoms with Crippen LogP contribution >= 0.6 is 0 Å². The summed E-state index contributed by atoms with van der Waals surface area (Å²) in [6, 6.07) is 0. The van der Waals surface area contributed by atoms with E-state index in [1.54, 1.807) is 17.8 Å². The zero-order valence-corrected chi connectivity index (χ0v) is 10.7. The van der Waals surface area contributed by atoms with Gasteiger partial charge in [-0.05, 0) is 13.8 Å². The van der Waals surface area contributed by atoms with Gasteiger partial charge in [0.1, 0.15) is 29.8 Å². The number of nitrogens with zero attached hydrogens (tertiary/aromatic N) is 4. The van der Waals surface area contributed by atoms with Crippen LogP contribution in [-0.4, -0.2) is 43.5 Å². The van der Waals surface area contributed by atoms with Crippen molar-refractivity contribution in [3.63, 3.8) is 0 Å². The van der Waals surface area contributed by atoms with Gasteiger partial charge in [0.05, 0.1) is 18.6 Å². The van der Waals surface area contributed by atoms with Crippen LogP contribution in [0.2, 0.25) is 0 Å². The van der Waals surface area contributed by atoms with Gasteiger partial charge in [-0.2, -0.15) is 0 Å². The van der Waals surface area contributed by atoms with Gasteiger partial charge < -0.3 is 9.84 Å². The predicted molar refractivity (Wildman–Crippen MR) is 65.3 cm³/mol. The Morgan fingerprint density at radius 3 is 2.95 bits per heavy atom. The normalized spacial score (nSPS) is 27.3. The van der Waals surface area contributed by atoms with Gasteiger partial charge >= 0.3 is 0 Å². The number of halogens is 1. The van der Waals surface area contributed by atoms with Crippen LogP contribution in [0.5, 0.6) is 0 Å². The topological polar surface area (TPSA) is 73.1 Å². The second kappa shape index (κ2) is 4.50. The van der Waals surface area contributed by atoms with Gasteiger partial charge in [0.25, 0.3) is 0 Å². The molecule has 7 heteroatoms. The number of rotatable bonds is 2. The maximum Gasteiger partial charge on any atom is 0.165 e. The van der Waals surface area contributed by atoms with Crippen LogP contribution in [-0.2, 0) is 4.74 Å². The van der Waals surface area contributed by atoms with E-state index in [0.717, 1.165) is 5.69 Å². The Labute approximate surface area is 109 Å². The van der Waals surface area contributed by atoms with Crippen molar-refractivity contribution in [1.29, 1.82) is 0 Å². The summed E-state index contributed by atoms with van der Waals surface area (Å²) in [5.41, 5.74) is 2.12. The van der Waals surface area contributed by atoms with E-state index in [2.05, 4.69) is 15.0 Å². The van der Waals surface area contributed by atoms with Gasteiger partial charge in [0, 0.05) is 6.42 Å². The zero-order chi connectivity index (χ0) is 13.6. The molecule has 1 N–H and O–H groups in total. The van der Waals surface area contributed by atoms with Crippen molar-refractivity contribution in [3.05, 3.63) is 17.8 Å². The van der Waals surface area contributed by atoms with Crippen LogP contribution in [0.3, 0.4) is 0 Å². The van der Waals surface area contributed by atoms with Crippen molar-refractivity contribution in [1.82, 2.24) is 19.5 Å². The Kier molecular flexibility index (Phi) is 2.94. The molecule has 3 atom stereocenters. The van der Waals surface area contributed by atoms with E-state index in [9.17, 15) is 4.39 Å². The third kappa shape index (κ3) is 1.98. The number of imidazole rings is 1. The number of aryl methyl sites for hydroxylation is 2. The van der Waals surface area contributed by atoms with Crippen molar-refractivity contribution in [3.8, 4) is 0 Å². The molecule has 0 bridgehead atoms. The molecule has 0 aromatic carbocycles. The highest BCUT2D eigenvalue weighted by molar-refractivity contribution is 5.73. The maximum atomic E-state index is 13.6. The van der Waals surface area contributed by atoms with Gasteiger partial charge in [-0.1, -0.05) is 0 Å². The number of alkyl halides is 1. The van der Waals surface area contributed by atoms with E-state index in [-0.39, 0.29) is 13.0 Å². The molecule has 0 saturated carbocycles. The zero-order valence-electron chi connectivity index (χ0n) is 10.7. The molecule has 1 fully saturated rings. The fourth-order valence-electron chi connectivity index (χ4n) is 2.43. The van der Waals surface area contributed by atoms with E-state index in [1.807, 2.05) is 6.92 Å². The van der Waals surface area contributed by atoms with Crippen molar-refractivity contribution in [2.24, 2.45) is 0 Å². The summed E-state index contributed by atoms with van der Waals surface area (Å²) in [6.45, 7) is 3.34. The van der Waals surface area contributed by atoms with Crippen LogP contribution in [0, 0.1) is 13.8 Å². The van der Waals surface area contributed by atoms with Gasteiger partial charge in [0.15, 0.2) is 5.65 Å². The second-order valence-corrected chi connectivity index (χ2v) is 4.74. The van der Waals surface area contributed by atoms with Gasteiger partial charge in [-0.3, -0.25) is 4.57 Å². The molecule has 19 heavy (non-hydrogen) atoms. The molecule has 3 heterocycles. The molecule has 6 nitrogen and oxygen atoms in total. The SMILES string of the molecule is Cc1nc(C)c2ncn(C3C[C@H](F)[C@@H](CO)O3)c2n1. The van der Waals surface area contributed by atoms with E-state index in [0.29, 0.717) is 17.0 Å². The highest BCUT2D eigenvalue weighted by atomic mass is 19.1. The summed E-state index contributed by atoms with van der Waals surface area (Å²) < 4.78 is 20.8. The number of aliphatic hydroxyl groups is 1. The summed E-state index contributed by atoms with van der Waals surface area (Å²) in [7, 11) is 0. The summed E-state index contributed by atoms with van der Waals surface area (Å²) in [6.07, 6.45) is -0.643. The van der Waals surface area contributed by atoms with E-state index < -0.39 is 18.5 Å². The summed E-state index contributed by atoms with van der Waals surface area (Å²) in [5.74, 6) is 0.639. The van der Waals surface area contributed by atoms with Crippen LogP contribution in [0.25, 0.3) is 11.2 Å². The van der Waals surface area contributed by atoms with Gasteiger partial charge in [0.2, 0.25) is 0 Å². The van der Waals surface area contributed by atoms with Crippen molar-refractivity contribution in [2.45, 2.75) is 38.8 Å². The molecule has 0 radical (unpaired) electrons. The van der Waals surface area contributed by atoms with Gasteiger partial charge in [-0.25, -0.2) is 19.3 Å². The standard InChI is InChI=1S/C12H15FN4O2/c1-6-11-12(16-7(2)15-6)17(5-14-11)10-3-8(13)9(4-18)19-10/h5,8-10,18H,3-4H2,1-2H3/t8-,9+,10?/m0/s1. The maximum absolute atomic E-state index is 13.6. The fourth-order valence-corrected chi connectivity index (χ4v) is 2.43. The van der Waals surface area contributed by atoms with Crippen LogP contribution in [0.1, 0.15) is 24.2 Å². The third-order valence-corrected chi connectivity index (χ3v) is 3.36. The van der Waals surface area contributed by atoms with Crippen LogP contribution in [0.15, 0.2) is 6.33 Å². The van der Waals surface area contributed by atoms with E-state index >= 15 is 0 Å². The number of aliphatic hydroxyl groups excluding tert-OH is 1. The van der Waals surface area contributed by atoms with E-state index in [1.165, 1.54) is 0 Å². The fraction of sp³-hybridized carbons (Fsp3) is 0.583. The first kappa shape index (κ1) is 12.4. The minimum Gasteiger partial charge on any atom is -0.394 e. The summed E-state index contributed by atoms with van der Waals surface area (Å²) in [4.78, 5) is 12.8. The summed E-state index contributed by atoms with van der Waals surface area (Å²) in [5, 5.41) is 9.04. The number of ether oxygens (including phenoxy) is 1. The summed E-state index contributed by atoms with van der Waals surface area (Å²) >= 11 is 0. The lowest BCUT2D eigenvalue weighted by molar-refractivity contribution is -0.0323. The molecule has 0 amide bonds. The molecule has 0 aliphatic carbocycles. The van der Waals surface area contributed by atoms with Crippen molar-refractivity contribution in [2.75, 3.05) is 6.61 Å². The quantitative estimate of drug-likeness (QED) is 0.880. The molecule has 0 spiro atoms. The van der Waals surface area contributed by atoms with Crippen LogP contribution < -0.4 is 0 Å². The Morgan fingerprint density at radius 2 is 2.26 bits per heavy atom. The number of aromatic nitrogens is 4. The Bertz CT molecular complexity index is 615. The smallest absolute Gasteiger partial charge is 0.165 e. The molecule has 1 aliphatic heterocycles. The predicted octanol–water partition coefficient (Wildman–Crippen LogP) is 1.06. The first-order valence-electron chi connectivity index (χ1n) is 6.18. The first-order valence-corrected chi connectivity index (χ1v) is 6.18. The molecule has 1 aliphatic rings. The molecule has 2 aromatic heterocycles. The lowest BCUT2D eigenvalue weighted by atomic mass is 10.2. The Morgan fingerprint density at radius 1 is 1.47 bits per heavy atom. The highest BCUT2D eigenvalue weighted by Gasteiger charge is 2.36. The minimum absolute atomic E-state index is 0.193. The molecule has 1 unspecified atom stereocenters. The van der Waals surface area contributed by atoms with Gasteiger partial charge in [-0.15, -0.1) is 0 Å². The number of hydrogen-bond donors (Lipinski definition) is 1. The lowest BCUT2D eigenvalue weighted by Gasteiger charge is -2.13. The molecule has 102 valence electrons. The molecule has 2 aromatic rings. The Balaban J connectivity index is 2.02. The lowest BCUT2D eigenvalue weighted by Crippen LogP contribution is -2.21. The average molecular weight is 266 g/mol.